The van der Waals surface area contributed by atoms with Crippen molar-refractivity contribution in [3.63, 3.8) is 0 Å². The summed E-state index contributed by atoms with van der Waals surface area (Å²) in [6.45, 7) is 9.57. The third-order valence-corrected chi connectivity index (χ3v) is 4.10. The normalized spacial score (nSPS) is 11.8. The molecule has 5 nitrogen and oxygen atoms in total. The molecule has 0 saturated heterocycles. The Hall–Kier alpha value is -2.01. The lowest BCUT2D eigenvalue weighted by molar-refractivity contribution is 0.507. The molecule has 6 heteroatoms. The van der Waals surface area contributed by atoms with Gasteiger partial charge >= 0.3 is 0 Å². The van der Waals surface area contributed by atoms with Crippen molar-refractivity contribution in [2.75, 3.05) is 13.1 Å². The summed E-state index contributed by atoms with van der Waals surface area (Å²) in [6, 6.07) is 7.93. The van der Waals surface area contributed by atoms with E-state index in [0.717, 1.165) is 48.4 Å². The molecule has 2 aromatic rings. The Balaban J connectivity index is 1.92. The minimum absolute atomic E-state index is 0.557. The number of nitrogens with one attached hydrogen (secondary N) is 2. The molecule has 0 amide bonds. The van der Waals surface area contributed by atoms with Crippen LogP contribution >= 0.6 is 11.6 Å². The summed E-state index contributed by atoms with van der Waals surface area (Å²) in [5.74, 6) is 2.37. The first-order valence-corrected chi connectivity index (χ1v) is 9.23. The Morgan fingerprint density at radius 2 is 2.08 bits per heavy atom. The van der Waals surface area contributed by atoms with E-state index in [4.69, 9.17) is 11.6 Å². The first kappa shape index (κ1) is 19.3. The van der Waals surface area contributed by atoms with Crippen LogP contribution in [-0.4, -0.2) is 28.6 Å². The lowest BCUT2D eigenvalue weighted by atomic mass is 10.1. The fourth-order valence-corrected chi connectivity index (χ4v) is 2.79. The van der Waals surface area contributed by atoms with Gasteiger partial charge in [0.2, 0.25) is 0 Å². The molecule has 136 valence electrons. The molecule has 25 heavy (non-hydrogen) atoms. The van der Waals surface area contributed by atoms with E-state index in [0.29, 0.717) is 12.5 Å². The number of hydrogen-bond acceptors (Lipinski definition) is 2. The lowest BCUT2D eigenvalue weighted by Crippen LogP contribution is -2.38. The van der Waals surface area contributed by atoms with Gasteiger partial charge in [0.15, 0.2) is 5.96 Å². The SMILES string of the molecule is CCNC(=NCc1nccn1CC(C)C)NCCc1ccccc1Cl. The monoisotopic (exact) mass is 361 g/mol. The number of imidazole rings is 1. The molecule has 0 radical (unpaired) electrons. The minimum atomic E-state index is 0.557. The quantitative estimate of drug-likeness (QED) is 0.559. The Kier molecular flexibility index (Phi) is 7.79. The predicted octanol–water partition coefficient (Wildman–Crippen LogP) is 3.49. The van der Waals surface area contributed by atoms with Crippen LogP contribution in [-0.2, 0) is 19.5 Å². The molecule has 0 aliphatic heterocycles. The van der Waals surface area contributed by atoms with Gasteiger partial charge < -0.3 is 15.2 Å². The van der Waals surface area contributed by atoms with Crippen LogP contribution in [0.4, 0.5) is 0 Å². The van der Waals surface area contributed by atoms with Crippen molar-refractivity contribution in [2.24, 2.45) is 10.9 Å². The van der Waals surface area contributed by atoms with Gasteiger partial charge in [0.1, 0.15) is 12.4 Å². The summed E-state index contributed by atoms with van der Waals surface area (Å²) >= 11 is 6.20. The van der Waals surface area contributed by atoms with Crippen LogP contribution in [0.15, 0.2) is 41.7 Å². The van der Waals surface area contributed by atoms with E-state index < -0.39 is 0 Å². The molecule has 0 saturated carbocycles. The molecule has 0 fully saturated rings. The number of hydrogen-bond donors (Lipinski definition) is 2. The second-order valence-corrected chi connectivity index (χ2v) is 6.76. The van der Waals surface area contributed by atoms with Crippen molar-refractivity contribution in [1.29, 1.82) is 0 Å². The highest BCUT2D eigenvalue weighted by atomic mass is 35.5. The van der Waals surface area contributed by atoms with Gasteiger partial charge in [0, 0.05) is 37.1 Å². The second kappa shape index (κ2) is 10.1. The number of aliphatic imine (C=N–C) groups is 1. The summed E-state index contributed by atoms with van der Waals surface area (Å²) in [5, 5.41) is 7.44. The Morgan fingerprint density at radius 1 is 1.28 bits per heavy atom. The summed E-state index contributed by atoms with van der Waals surface area (Å²) in [4.78, 5) is 9.08. The van der Waals surface area contributed by atoms with Crippen LogP contribution < -0.4 is 10.6 Å². The highest BCUT2D eigenvalue weighted by Crippen LogP contribution is 2.14. The van der Waals surface area contributed by atoms with Gasteiger partial charge in [-0.3, -0.25) is 0 Å². The van der Waals surface area contributed by atoms with Gasteiger partial charge in [-0.25, -0.2) is 9.98 Å². The van der Waals surface area contributed by atoms with Crippen LogP contribution in [0, 0.1) is 5.92 Å². The standard InChI is InChI=1S/C19H28ClN5/c1-4-21-19(23-10-9-16-7-5-6-8-17(16)20)24-13-18-22-11-12-25(18)14-15(2)3/h5-8,11-12,15H,4,9-10,13-14H2,1-3H3,(H2,21,23,24). The maximum Gasteiger partial charge on any atom is 0.191 e. The first-order valence-electron chi connectivity index (χ1n) is 8.85. The van der Waals surface area contributed by atoms with Gasteiger partial charge in [0.25, 0.3) is 0 Å². The first-order chi connectivity index (χ1) is 12.1. The molecule has 1 aromatic heterocycles. The fourth-order valence-electron chi connectivity index (χ4n) is 2.56. The summed E-state index contributed by atoms with van der Waals surface area (Å²) in [6.07, 6.45) is 4.71. The minimum Gasteiger partial charge on any atom is -0.357 e. The number of nitrogens with zero attached hydrogens (tertiary/aromatic N) is 3. The molecule has 0 bridgehead atoms. The zero-order valence-corrected chi connectivity index (χ0v) is 16.1. The maximum absolute atomic E-state index is 6.20. The number of aromatic nitrogens is 2. The Bertz CT molecular complexity index is 678. The number of guanidine groups is 1. The van der Waals surface area contributed by atoms with Crippen molar-refractivity contribution in [3.8, 4) is 0 Å². The van der Waals surface area contributed by atoms with E-state index in [-0.39, 0.29) is 0 Å². The van der Waals surface area contributed by atoms with Crippen molar-refractivity contribution in [2.45, 2.75) is 40.3 Å². The topological polar surface area (TPSA) is 54.2 Å². The predicted molar refractivity (Wildman–Crippen MR) is 105 cm³/mol. The zero-order chi connectivity index (χ0) is 18.1. The molecule has 0 atom stereocenters. The Morgan fingerprint density at radius 3 is 2.80 bits per heavy atom. The maximum atomic E-state index is 6.20. The molecule has 0 spiro atoms. The average molecular weight is 362 g/mol. The smallest absolute Gasteiger partial charge is 0.191 e. The van der Waals surface area contributed by atoms with Gasteiger partial charge in [-0.05, 0) is 30.9 Å². The molecular formula is C19H28ClN5. The van der Waals surface area contributed by atoms with E-state index in [1.807, 2.05) is 30.6 Å². The van der Waals surface area contributed by atoms with Crippen LogP contribution in [0.5, 0.6) is 0 Å². The van der Waals surface area contributed by atoms with Crippen LogP contribution in [0.1, 0.15) is 32.2 Å². The molecule has 1 heterocycles. The average Bonchev–Trinajstić information content (AvgIpc) is 3.00. The molecule has 0 aliphatic rings. The molecule has 0 unspecified atom stereocenters. The summed E-state index contributed by atoms with van der Waals surface area (Å²) in [7, 11) is 0. The van der Waals surface area contributed by atoms with Crippen molar-refractivity contribution in [3.05, 3.63) is 53.1 Å². The molecule has 0 aliphatic carbocycles. The second-order valence-electron chi connectivity index (χ2n) is 6.35. The highest BCUT2D eigenvalue weighted by Gasteiger charge is 2.05. The van der Waals surface area contributed by atoms with Gasteiger partial charge in [-0.15, -0.1) is 0 Å². The zero-order valence-electron chi connectivity index (χ0n) is 15.3. The van der Waals surface area contributed by atoms with Crippen LogP contribution in [0.3, 0.4) is 0 Å². The highest BCUT2D eigenvalue weighted by molar-refractivity contribution is 6.31. The van der Waals surface area contributed by atoms with E-state index in [1.165, 1.54) is 0 Å². The number of benzene rings is 1. The molecule has 2 N–H and O–H groups in total. The molecular weight excluding hydrogens is 334 g/mol. The van der Waals surface area contributed by atoms with Crippen LogP contribution in [0.2, 0.25) is 5.02 Å². The summed E-state index contributed by atoms with van der Waals surface area (Å²) in [5.41, 5.74) is 1.14. The molecule has 2 rings (SSSR count). The number of rotatable bonds is 8. The van der Waals surface area contributed by atoms with E-state index in [2.05, 4.69) is 52.0 Å². The van der Waals surface area contributed by atoms with Gasteiger partial charge in [0.05, 0.1) is 0 Å². The van der Waals surface area contributed by atoms with E-state index >= 15 is 0 Å². The number of halogens is 1. The van der Waals surface area contributed by atoms with Gasteiger partial charge in [-0.1, -0.05) is 43.6 Å². The van der Waals surface area contributed by atoms with Gasteiger partial charge in [-0.2, -0.15) is 0 Å². The van der Waals surface area contributed by atoms with E-state index in [1.54, 1.807) is 0 Å². The fraction of sp³-hybridized carbons (Fsp3) is 0.474. The van der Waals surface area contributed by atoms with Crippen molar-refractivity contribution >= 4 is 17.6 Å². The largest absolute Gasteiger partial charge is 0.357 e. The third-order valence-electron chi connectivity index (χ3n) is 3.73. The summed E-state index contributed by atoms with van der Waals surface area (Å²) < 4.78 is 2.17. The van der Waals surface area contributed by atoms with Crippen molar-refractivity contribution in [1.82, 2.24) is 20.2 Å². The Labute approximate surface area is 155 Å². The van der Waals surface area contributed by atoms with E-state index in [9.17, 15) is 0 Å². The van der Waals surface area contributed by atoms with Crippen molar-refractivity contribution < 1.29 is 0 Å². The van der Waals surface area contributed by atoms with Crippen LogP contribution in [0.25, 0.3) is 0 Å². The third kappa shape index (κ3) is 6.42. The molecule has 1 aromatic carbocycles. The lowest BCUT2D eigenvalue weighted by Gasteiger charge is -2.13.